The summed E-state index contributed by atoms with van der Waals surface area (Å²) in [4.78, 5) is 8.39. The molecule has 0 radical (unpaired) electrons. The van der Waals surface area contributed by atoms with Gasteiger partial charge in [0, 0.05) is 18.2 Å². The first-order chi connectivity index (χ1) is 9.97. The third-order valence-electron chi connectivity index (χ3n) is 3.17. The van der Waals surface area contributed by atoms with Crippen molar-refractivity contribution in [3.8, 4) is 11.3 Å². The minimum absolute atomic E-state index is 0.658. The van der Waals surface area contributed by atoms with Gasteiger partial charge in [-0.1, -0.05) is 25.5 Å². The van der Waals surface area contributed by atoms with Crippen molar-refractivity contribution in [3.63, 3.8) is 0 Å². The van der Waals surface area contributed by atoms with Gasteiger partial charge >= 0.3 is 6.18 Å². The number of hydrogen-bond donors (Lipinski definition) is 1. The fraction of sp³-hybridized carbons (Fsp3) is 0.333. The number of nitrogens with one attached hydrogen (secondary N) is 1. The number of alkyl halides is 3. The van der Waals surface area contributed by atoms with E-state index in [1.165, 1.54) is 18.5 Å². The van der Waals surface area contributed by atoms with Gasteiger partial charge in [0.15, 0.2) is 0 Å². The van der Waals surface area contributed by atoms with Crippen molar-refractivity contribution >= 4 is 5.82 Å². The van der Waals surface area contributed by atoms with E-state index >= 15 is 0 Å². The van der Waals surface area contributed by atoms with Crippen LogP contribution >= 0.6 is 0 Å². The fourth-order valence-corrected chi connectivity index (χ4v) is 2.18. The van der Waals surface area contributed by atoms with Crippen molar-refractivity contribution < 1.29 is 13.2 Å². The molecular weight excluding hydrogens is 279 g/mol. The van der Waals surface area contributed by atoms with E-state index in [1.807, 2.05) is 6.92 Å². The van der Waals surface area contributed by atoms with E-state index in [9.17, 15) is 13.2 Å². The third-order valence-corrected chi connectivity index (χ3v) is 3.17. The third kappa shape index (κ3) is 3.32. The number of halogens is 3. The first-order valence-corrected chi connectivity index (χ1v) is 6.66. The zero-order valence-electron chi connectivity index (χ0n) is 11.8. The lowest BCUT2D eigenvalue weighted by molar-refractivity contribution is -0.137. The average Bonchev–Trinajstić information content (AvgIpc) is 2.47. The van der Waals surface area contributed by atoms with Gasteiger partial charge in [-0.2, -0.15) is 13.2 Å². The highest BCUT2D eigenvalue weighted by Gasteiger charge is 2.30. The van der Waals surface area contributed by atoms with Crippen LogP contribution in [0, 0.1) is 0 Å². The molecule has 0 aliphatic heterocycles. The monoisotopic (exact) mass is 295 g/mol. The molecule has 1 heterocycles. The predicted octanol–water partition coefficient (Wildman–Crippen LogP) is 4.16. The Labute approximate surface area is 121 Å². The van der Waals surface area contributed by atoms with Crippen molar-refractivity contribution in [3.05, 3.63) is 41.7 Å². The molecule has 0 aliphatic carbocycles. The lowest BCUT2D eigenvalue weighted by Gasteiger charge is -2.13. The fourth-order valence-electron chi connectivity index (χ4n) is 2.18. The molecule has 0 atom stereocenters. The van der Waals surface area contributed by atoms with Gasteiger partial charge in [0.2, 0.25) is 0 Å². The van der Waals surface area contributed by atoms with E-state index in [-0.39, 0.29) is 0 Å². The van der Waals surface area contributed by atoms with Crippen LogP contribution in [0.4, 0.5) is 19.0 Å². The summed E-state index contributed by atoms with van der Waals surface area (Å²) in [5.41, 5.74) is 1.59. The highest BCUT2D eigenvalue weighted by atomic mass is 19.4. The molecule has 0 amide bonds. The summed E-state index contributed by atoms with van der Waals surface area (Å²) >= 11 is 0. The van der Waals surface area contributed by atoms with Gasteiger partial charge in [-0.05, 0) is 18.6 Å². The Kier molecular flexibility index (Phi) is 4.45. The van der Waals surface area contributed by atoms with Gasteiger partial charge in [-0.25, -0.2) is 9.97 Å². The summed E-state index contributed by atoms with van der Waals surface area (Å²) in [6.07, 6.45) is -1.26. The zero-order chi connectivity index (χ0) is 15.5. The van der Waals surface area contributed by atoms with Crippen molar-refractivity contribution in [1.29, 1.82) is 0 Å². The second kappa shape index (κ2) is 6.11. The molecule has 112 valence electrons. The van der Waals surface area contributed by atoms with Crippen molar-refractivity contribution in [1.82, 2.24) is 9.97 Å². The summed E-state index contributed by atoms with van der Waals surface area (Å²) in [6.45, 7) is 2.03. The van der Waals surface area contributed by atoms with Crippen LogP contribution in [0.3, 0.4) is 0 Å². The summed E-state index contributed by atoms with van der Waals surface area (Å²) in [5.74, 6) is 0.710. The minimum Gasteiger partial charge on any atom is -0.373 e. The summed E-state index contributed by atoms with van der Waals surface area (Å²) in [5, 5.41) is 3.00. The molecule has 21 heavy (non-hydrogen) atoms. The molecule has 0 aliphatic rings. The molecule has 0 spiro atoms. The van der Waals surface area contributed by atoms with Crippen LogP contribution in [0.25, 0.3) is 11.3 Å². The lowest BCUT2D eigenvalue weighted by atomic mass is 10.0. The number of nitrogens with zero attached hydrogens (tertiary/aromatic N) is 2. The van der Waals surface area contributed by atoms with Crippen LogP contribution in [0.1, 0.15) is 24.5 Å². The van der Waals surface area contributed by atoms with E-state index in [0.29, 0.717) is 17.1 Å². The SMILES string of the molecule is CCCc1c(NC)ncnc1-c1ccc(C(F)(F)F)cc1. The van der Waals surface area contributed by atoms with Crippen molar-refractivity contribution in [2.24, 2.45) is 0 Å². The zero-order valence-corrected chi connectivity index (χ0v) is 11.8. The van der Waals surface area contributed by atoms with Crippen LogP contribution in [-0.2, 0) is 12.6 Å². The molecular formula is C15H16F3N3. The Morgan fingerprint density at radius 2 is 1.76 bits per heavy atom. The van der Waals surface area contributed by atoms with Crippen molar-refractivity contribution in [2.75, 3.05) is 12.4 Å². The molecule has 0 bridgehead atoms. The van der Waals surface area contributed by atoms with E-state index in [0.717, 1.165) is 30.5 Å². The standard InChI is InChI=1S/C15H16F3N3/c1-3-4-12-13(20-9-21-14(12)19-2)10-5-7-11(8-6-10)15(16,17)18/h5-9H,3-4H2,1-2H3,(H,19,20,21). The van der Waals surface area contributed by atoms with Gasteiger partial charge in [-0.15, -0.1) is 0 Å². The van der Waals surface area contributed by atoms with Gasteiger partial charge < -0.3 is 5.32 Å². The molecule has 1 aromatic heterocycles. The lowest BCUT2D eigenvalue weighted by Crippen LogP contribution is -2.05. The maximum atomic E-state index is 12.6. The minimum atomic E-state index is -4.33. The molecule has 2 aromatic rings. The molecule has 2 rings (SSSR count). The van der Waals surface area contributed by atoms with Crippen LogP contribution in [-0.4, -0.2) is 17.0 Å². The van der Waals surface area contributed by atoms with Gasteiger partial charge in [0.1, 0.15) is 12.1 Å². The van der Waals surface area contributed by atoms with E-state index < -0.39 is 11.7 Å². The van der Waals surface area contributed by atoms with Gasteiger partial charge in [-0.3, -0.25) is 0 Å². The van der Waals surface area contributed by atoms with Gasteiger partial charge in [0.25, 0.3) is 0 Å². The number of rotatable bonds is 4. The van der Waals surface area contributed by atoms with Gasteiger partial charge in [0.05, 0.1) is 11.3 Å². The second-order valence-electron chi connectivity index (χ2n) is 4.62. The van der Waals surface area contributed by atoms with E-state index in [1.54, 1.807) is 7.05 Å². The van der Waals surface area contributed by atoms with Crippen LogP contribution in [0.5, 0.6) is 0 Å². The maximum absolute atomic E-state index is 12.6. The van der Waals surface area contributed by atoms with Crippen LogP contribution in [0.2, 0.25) is 0 Å². The quantitative estimate of drug-likeness (QED) is 0.920. The average molecular weight is 295 g/mol. The highest BCUT2D eigenvalue weighted by molar-refractivity contribution is 5.68. The molecule has 1 N–H and O–H groups in total. The number of anilines is 1. The van der Waals surface area contributed by atoms with E-state index in [4.69, 9.17) is 0 Å². The van der Waals surface area contributed by atoms with E-state index in [2.05, 4.69) is 15.3 Å². The topological polar surface area (TPSA) is 37.8 Å². The first kappa shape index (κ1) is 15.3. The molecule has 0 fully saturated rings. The molecule has 1 aromatic carbocycles. The largest absolute Gasteiger partial charge is 0.416 e. The first-order valence-electron chi connectivity index (χ1n) is 6.66. The van der Waals surface area contributed by atoms with Crippen molar-refractivity contribution in [2.45, 2.75) is 25.9 Å². The summed E-state index contributed by atoms with van der Waals surface area (Å²) in [7, 11) is 1.76. The summed E-state index contributed by atoms with van der Waals surface area (Å²) in [6, 6.07) is 5.05. The predicted molar refractivity (Wildman–Crippen MR) is 76.0 cm³/mol. The Bertz CT molecular complexity index is 607. The molecule has 6 heteroatoms. The Morgan fingerprint density at radius 1 is 1.10 bits per heavy atom. The number of aromatic nitrogens is 2. The van der Waals surface area contributed by atoms with Crippen LogP contribution < -0.4 is 5.32 Å². The molecule has 0 saturated carbocycles. The molecule has 0 saturated heterocycles. The molecule has 0 unspecified atom stereocenters. The smallest absolute Gasteiger partial charge is 0.373 e. The Morgan fingerprint density at radius 3 is 2.29 bits per heavy atom. The summed E-state index contributed by atoms with van der Waals surface area (Å²) < 4.78 is 37.8. The number of hydrogen-bond acceptors (Lipinski definition) is 3. The molecule has 3 nitrogen and oxygen atoms in total. The highest BCUT2D eigenvalue weighted by Crippen LogP contribution is 2.32. The Hall–Kier alpha value is -2.11. The Balaban J connectivity index is 2.46. The number of benzene rings is 1. The van der Waals surface area contributed by atoms with Crippen LogP contribution in [0.15, 0.2) is 30.6 Å². The second-order valence-corrected chi connectivity index (χ2v) is 4.62. The maximum Gasteiger partial charge on any atom is 0.416 e. The normalized spacial score (nSPS) is 11.5.